The number of carbonyl (C=O) groups is 1. The fraction of sp³-hybridized carbons (Fsp3) is 0.375. The second-order valence-electron chi connectivity index (χ2n) is 8.73. The molecule has 1 fully saturated rings. The Hall–Kier alpha value is -3.70. The number of methoxy groups -OCH3 is 1. The molecule has 0 spiro atoms. The third-order valence-electron chi connectivity index (χ3n) is 6.59. The monoisotopic (exact) mass is 482 g/mol. The summed E-state index contributed by atoms with van der Waals surface area (Å²) in [4.78, 5) is 24.1. The number of nitrogens with one attached hydrogen (secondary N) is 1. The smallest absolute Gasteiger partial charge is 0.413 e. The van der Waals surface area contributed by atoms with Gasteiger partial charge in [0.25, 0.3) is 0 Å². The summed E-state index contributed by atoms with van der Waals surface area (Å²) in [6.45, 7) is 5.50. The van der Waals surface area contributed by atoms with Crippen LogP contribution in [0, 0.1) is 12.7 Å². The Kier molecular flexibility index (Phi) is 6.03. The fourth-order valence-electron chi connectivity index (χ4n) is 4.66. The number of amides is 1. The lowest BCUT2D eigenvalue weighted by molar-refractivity contribution is 0.0911. The Bertz CT molecular complexity index is 1300. The number of nitrogens with zero attached hydrogens (tertiary/aromatic N) is 4. The highest BCUT2D eigenvalue weighted by Crippen LogP contribution is 2.40. The molecule has 0 saturated carbocycles. The summed E-state index contributed by atoms with van der Waals surface area (Å²) in [5.74, 6) is 0.181. The van der Waals surface area contributed by atoms with Gasteiger partial charge in [-0.3, -0.25) is 9.80 Å². The number of fused-ring (bicyclic) bond motifs is 2. The van der Waals surface area contributed by atoms with E-state index in [0.717, 1.165) is 17.8 Å². The molecule has 3 aromatic rings. The van der Waals surface area contributed by atoms with E-state index in [9.17, 15) is 9.90 Å². The van der Waals surface area contributed by atoms with Crippen LogP contribution >= 0.6 is 0 Å². The molecule has 11 heteroatoms. The van der Waals surface area contributed by atoms with Gasteiger partial charge in [-0.2, -0.15) is 0 Å². The SMILES string of the molecule is COCCN1CC(N(C(=O)O)c2cc3cc(-c4cnc5c(c4C)NCCO5)c(F)c(N)c3cn2)C1. The van der Waals surface area contributed by atoms with Gasteiger partial charge in [0.1, 0.15) is 18.1 Å². The summed E-state index contributed by atoms with van der Waals surface area (Å²) in [6, 6.07) is 3.07. The average Bonchev–Trinajstić information content (AvgIpc) is 2.83. The predicted octanol–water partition coefficient (Wildman–Crippen LogP) is 2.95. The molecule has 0 aliphatic carbocycles. The molecular weight excluding hydrogens is 455 g/mol. The molecular formula is C24H27FN6O4. The van der Waals surface area contributed by atoms with E-state index >= 15 is 4.39 Å². The Morgan fingerprint density at radius 3 is 2.89 bits per heavy atom. The van der Waals surface area contributed by atoms with Crippen molar-refractivity contribution < 1.29 is 23.8 Å². The minimum absolute atomic E-state index is 0.0471. The van der Waals surface area contributed by atoms with Crippen molar-refractivity contribution in [2.24, 2.45) is 0 Å². The first kappa shape index (κ1) is 23.1. The number of anilines is 3. The van der Waals surface area contributed by atoms with Gasteiger partial charge >= 0.3 is 6.09 Å². The number of ether oxygens (including phenoxy) is 2. The van der Waals surface area contributed by atoms with Crippen LogP contribution in [0.1, 0.15) is 5.56 Å². The third-order valence-corrected chi connectivity index (χ3v) is 6.59. The standard InChI is InChI=1S/C24H27FN6O4/c1-13-17(9-29-23-22(13)27-3-5-35-23)16-7-14-8-19(28-10-18(14)21(26)20(16)25)31(24(32)33)15-11-30(12-15)4-6-34-2/h7-10,15,27H,3-6,11-12,26H2,1-2H3,(H,32,33). The summed E-state index contributed by atoms with van der Waals surface area (Å²) in [6.07, 6.45) is 1.90. The number of hydrogen-bond donors (Lipinski definition) is 3. The van der Waals surface area contributed by atoms with Crippen molar-refractivity contribution in [3.63, 3.8) is 0 Å². The second kappa shape index (κ2) is 9.16. The van der Waals surface area contributed by atoms with Gasteiger partial charge in [0.2, 0.25) is 5.88 Å². The minimum atomic E-state index is -1.09. The van der Waals surface area contributed by atoms with Gasteiger partial charge in [-0.1, -0.05) is 0 Å². The Morgan fingerprint density at radius 2 is 2.14 bits per heavy atom. The summed E-state index contributed by atoms with van der Waals surface area (Å²) in [7, 11) is 1.63. The van der Waals surface area contributed by atoms with Crippen molar-refractivity contribution in [3.05, 3.63) is 35.9 Å². The zero-order chi connectivity index (χ0) is 24.7. The van der Waals surface area contributed by atoms with Crippen molar-refractivity contribution >= 4 is 34.1 Å². The predicted molar refractivity (Wildman–Crippen MR) is 131 cm³/mol. The molecule has 2 aromatic heterocycles. The number of carboxylic acid groups (broad SMARTS) is 1. The summed E-state index contributed by atoms with van der Waals surface area (Å²) < 4.78 is 26.1. The Balaban J connectivity index is 1.53. The van der Waals surface area contributed by atoms with E-state index in [2.05, 4.69) is 20.2 Å². The number of hydrogen-bond acceptors (Lipinski definition) is 8. The van der Waals surface area contributed by atoms with Gasteiger partial charge in [-0.05, 0) is 30.0 Å². The fourth-order valence-corrected chi connectivity index (χ4v) is 4.66. The maximum absolute atomic E-state index is 15.4. The van der Waals surface area contributed by atoms with Crippen LogP contribution in [0.3, 0.4) is 0 Å². The number of benzene rings is 1. The maximum atomic E-state index is 15.4. The minimum Gasteiger partial charge on any atom is -0.474 e. The number of aromatic nitrogens is 2. The highest BCUT2D eigenvalue weighted by atomic mass is 19.1. The number of rotatable bonds is 6. The van der Waals surface area contributed by atoms with E-state index in [1.807, 2.05) is 6.92 Å². The van der Waals surface area contributed by atoms with E-state index in [-0.39, 0.29) is 23.1 Å². The number of nitrogens with two attached hydrogens (primary N) is 1. The van der Waals surface area contributed by atoms with Crippen LogP contribution in [-0.2, 0) is 4.74 Å². The molecule has 2 aliphatic rings. The lowest BCUT2D eigenvalue weighted by Gasteiger charge is -2.43. The lowest BCUT2D eigenvalue weighted by atomic mass is 9.97. The lowest BCUT2D eigenvalue weighted by Crippen LogP contribution is -2.61. The van der Waals surface area contributed by atoms with Crippen LogP contribution in [-0.4, -0.2) is 78.6 Å². The second-order valence-corrected chi connectivity index (χ2v) is 8.73. The normalized spacial score (nSPS) is 15.7. The zero-order valence-electron chi connectivity index (χ0n) is 19.5. The molecule has 0 bridgehead atoms. The number of pyridine rings is 2. The van der Waals surface area contributed by atoms with E-state index in [1.54, 1.807) is 25.4 Å². The molecule has 184 valence electrons. The zero-order valence-corrected chi connectivity index (χ0v) is 19.5. The van der Waals surface area contributed by atoms with Crippen molar-refractivity contribution in [2.45, 2.75) is 13.0 Å². The number of likely N-dealkylation sites (tertiary alicyclic amines) is 1. The van der Waals surface area contributed by atoms with Gasteiger partial charge < -0.3 is 25.6 Å². The first-order chi connectivity index (χ1) is 16.9. The van der Waals surface area contributed by atoms with Gasteiger partial charge in [0, 0.05) is 62.2 Å². The quantitative estimate of drug-likeness (QED) is 0.455. The summed E-state index contributed by atoms with van der Waals surface area (Å²) >= 11 is 0. The average molecular weight is 483 g/mol. The molecule has 1 amide bonds. The largest absolute Gasteiger partial charge is 0.474 e. The molecule has 0 unspecified atom stereocenters. The highest BCUT2D eigenvalue weighted by molar-refractivity contribution is 6.00. The molecule has 0 radical (unpaired) electrons. The molecule has 1 aromatic carbocycles. The van der Waals surface area contributed by atoms with Crippen molar-refractivity contribution in [2.75, 3.05) is 62.5 Å². The van der Waals surface area contributed by atoms with Gasteiger partial charge in [-0.25, -0.2) is 19.2 Å². The summed E-state index contributed by atoms with van der Waals surface area (Å²) in [5, 5.41) is 14.2. The number of nitrogen functional groups attached to an aromatic ring is 1. The van der Waals surface area contributed by atoms with Crippen molar-refractivity contribution in [1.29, 1.82) is 0 Å². The molecule has 35 heavy (non-hydrogen) atoms. The van der Waals surface area contributed by atoms with Gasteiger partial charge in [0.15, 0.2) is 5.82 Å². The molecule has 0 atom stereocenters. The van der Waals surface area contributed by atoms with Crippen molar-refractivity contribution in [3.8, 4) is 17.0 Å². The van der Waals surface area contributed by atoms with Gasteiger partial charge in [-0.15, -0.1) is 0 Å². The first-order valence-electron chi connectivity index (χ1n) is 11.4. The summed E-state index contributed by atoms with van der Waals surface area (Å²) in [5.41, 5.74) is 8.50. The van der Waals surface area contributed by atoms with E-state index in [0.29, 0.717) is 55.1 Å². The third kappa shape index (κ3) is 4.06. The van der Waals surface area contributed by atoms with Crippen LogP contribution in [0.15, 0.2) is 24.5 Å². The molecule has 4 heterocycles. The number of halogens is 1. The van der Waals surface area contributed by atoms with Crippen LogP contribution in [0.4, 0.5) is 26.4 Å². The van der Waals surface area contributed by atoms with Crippen LogP contribution in [0.25, 0.3) is 21.9 Å². The van der Waals surface area contributed by atoms with E-state index in [1.165, 1.54) is 11.1 Å². The molecule has 4 N–H and O–H groups in total. The van der Waals surface area contributed by atoms with Gasteiger partial charge in [0.05, 0.1) is 18.3 Å². The molecule has 1 saturated heterocycles. The van der Waals surface area contributed by atoms with Crippen LogP contribution in [0.2, 0.25) is 0 Å². The van der Waals surface area contributed by atoms with Crippen molar-refractivity contribution in [1.82, 2.24) is 14.9 Å². The van der Waals surface area contributed by atoms with Crippen LogP contribution in [0.5, 0.6) is 5.88 Å². The highest BCUT2D eigenvalue weighted by Gasteiger charge is 2.36. The van der Waals surface area contributed by atoms with Crippen LogP contribution < -0.4 is 20.7 Å². The first-order valence-corrected chi connectivity index (χ1v) is 11.4. The Labute approximate surface area is 201 Å². The maximum Gasteiger partial charge on any atom is 0.413 e. The molecule has 10 nitrogen and oxygen atoms in total. The van der Waals surface area contributed by atoms with E-state index in [4.69, 9.17) is 15.2 Å². The molecule has 5 rings (SSSR count). The Morgan fingerprint density at radius 1 is 1.34 bits per heavy atom. The molecule has 2 aliphatic heterocycles. The van der Waals surface area contributed by atoms with E-state index < -0.39 is 11.9 Å². The topological polar surface area (TPSA) is 126 Å².